The van der Waals surface area contributed by atoms with Gasteiger partial charge >= 0.3 is 6.09 Å². The predicted molar refractivity (Wildman–Crippen MR) is 129 cm³/mol. The smallest absolute Gasteiger partial charge is 0.410 e. The fourth-order valence-electron chi connectivity index (χ4n) is 4.75. The van der Waals surface area contributed by atoms with Crippen LogP contribution in [0.2, 0.25) is 0 Å². The summed E-state index contributed by atoms with van der Waals surface area (Å²) in [6.07, 6.45) is 6.76. The minimum atomic E-state index is -0.308. The van der Waals surface area contributed by atoms with E-state index in [0.717, 1.165) is 18.5 Å². The molecule has 2 amide bonds. The molecule has 0 saturated heterocycles. The maximum absolute atomic E-state index is 12.3. The van der Waals surface area contributed by atoms with E-state index in [1.165, 1.54) is 36.8 Å². The molecule has 1 saturated carbocycles. The topological polar surface area (TPSA) is 49.9 Å². The van der Waals surface area contributed by atoms with Gasteiger partial charge in [0.2, 0.25) is 5.91 Å². The number of hydrogen-bond donors (Lipinski definition) is 0. The molecule has 1 fully saturated rings. The lowest BCUT2D eigenvalue weighted by molar-refractivity contribution is -0.116. The Morgan fingerprint density at radius 2 is 1.34 bits per heavy atom. The highest BCUT2D eigenvalue weighted by molar-refractivity contribution is 5.90. The largest absolute Gasteiger partial charge is 0.415 e. The molecule has 0 aromatic heterocycles. The van der Waals surface area contributed by atoms with Crippen molar-refractivity contribution in [2.75, 3.05) is 25.0 Å². The molecule has 0 radical (unpaired) electrons. The number of benzene rings is 2. The number of ether oxygens (including phenoxy) is 1. The summed E-state index contributed by atoms with van der Waals surface area (Å²) in [5, 5.41) is 0. The van der Waals surface area contributed by atoms with Crippen molar-refractivity contribution in [3.63, 3.8) is 0 Å². The fraction of sp³-hybridized carbons (Fsp3) is 0.481. The Kier molecular flexibility index (Phi) is 7.94. The molecular weight excluding hydrogens is 400 g/mol. The van der Waals surface area contributed by atoms with Crippen LogP contribution in [0.3, 0.4) is 0 Å². The molecule has 3 rings (SSSR count). The Labute approximate surface area is 192 Å². The van der Waals surface area contributed by atoms with Crippen LogP contribution < -0.4 is 9.64 Å². The third-order valence-electron chi connectivity index (χ3n) is 6.87. The first kappa shape index (κ1) is 23.8. The first-order valence-corrected chi connectivity index (χ1v) is 11.8. The second-order valence-electron chi connectivity index (χ2n) is 8.69. The van der Waals surface area contributed by atoms with Crippen LogP contribution in [0.1, 0.15) is 70.4 Å². The van der Waals surface area contributed by atoms with E-state index in [0.29, 0.717) is 18.8 Å². The molecule has 172 valence electrons. The minimum absolute atomic E-state index is 0.0248. The Morgan fingerprint density at radius 1 is 0.844 bits per heavy atom. The number of rotatable bonds is 6. The van der Waals surface area contributed by atoms with Gasteiger partial charge in [-0.25, -0.2) is 4.79 Å². The lowest BCUT2D eigenvalue weighted by atomic mass is 9.69. The van der Waals surface area contributed by atoms with Crippen LogP contribution >= 0.6 is 0 Å². The zero-order valence-electron chi connectivity index (χ0n) is 19.9. The molecule has 0 unspecified atom stereocenters. The second kappa shape index (κ2) is 10.7. The lowest BCUT2D eigenvalue weighted by Crippen LogP contribution is -2.33. The minimum Gasteiger partial charge on any atom is -0.410 e. The lowest BCUT2D eigenvalue weighted by Gasteiger charge is -2.35. The van der Waals surface area contributed by atoms with Gasteiger partial charge in [-0.15, -0.1) is 0 Å². The van der Waals surface area contributed by atoms with Crippen LogP contribution in [-0.4, -0.2) is 37.0 Å². The van der Waals surface area contributed by atoms with Crippen LogP contribution in [0.5, 0.6) is 5.75 Å². The maximum Gasteiger partial charge on any atom is 0.415 e. The van der Waals surface area contributed by atoms with Crippen LogP contribution in [-0.2, 0) is 10.2 Å². The first-order chi connectivity index (χ1) is 15.4. The standard InChI is InChI=1S/C27H36N2O3/c1-5-29(6-2)26(31)32-25-17-13-23(14-18-25)27(19-9-7-8-10-20-27)22-11-15-24(16-12-22)28(4)21(3)30/h11-18H,5-10,19-20H2,1-4H3. The molecule has 0 aliphatic heterocycles. The van der Waals surface area contributed by atoms with Crippen molar-refractivity contribution >= 4 is 17.7 Å². The molecule has 0 heterocycles. The monoisotopic (exact) mass is 436 g/mol. The van der Waals surface area contributed by atoms with Gasteiger partial charge in [-0.1, -0.05) is 49.9 Å². The summed E-state index contributed by atoms with van der Waals surface area (Å²) < 4.78 is 5.58. The van der Waals surface area contributed by atoms with Crippen molar-refractivity contribution in [2.24, 2.45) is 0 Å². The van der Waals surface area contributed by atoms with E-state index < -0.39 is 0 Å². The van der Waals surface area contributed by atoms with Crippen molar-refractivity contribution in [3.05, 3.63) is 59.7 Å². The van der Waals surface area contributed by atoms with E-state index >= 15 is 0 Å². The summed E-state index contributed by atoms with van der Waals surface area (Å²) in [5.41, 5.74) is 3.39. The summed E-state index contributed by atoms with van der Waals surface area (Å²) in [6, 6.07) is 16.5. The molecule has 5 heteroatoms. The summed E-state index contributed by atoms with van der Waals surface area (Å²) in [7, 11) is 1.80. The normalized spacial score (nSPS) is 15.5. The number of hydrogen-bond acceptors (Lipinski definition) is 3. The summed E-state index contributed by atoms with van der Waals surface area (Å²) in [6.45, 7) is 6.73. The van der Waals surface area contributed by atoms with Gasteiger partial charge in [-0.2, -0.15) is 0 Å². The number of nitrogens with zero attached hydrogens (tertiary/aromatic N) is 2. The average molecular weight is 437 g/mol. The van der Waals surface area contributed by atoms with E-state index in [-0.39, 0.29) is 17.4 Å². The molecule has 0 N–H and O–H groups in total. The van der Waals surface area contributed by atoms with Gasteiger partial charge in [0.05, 0.1) is 0 Å². The summed E-state index contributed by atoms with van der Waals surface area (Å²) in [5.74, 6) is 0.602. The van der Waals surface area contributed by atoms with Gasteiger partial charge in [-0.3, -0.25) is 4.79 Å². The SMILES string of the molecule is CCN(CC)C(=O)Oc1ccc(C2(c3ccc(N(C)C(C)=O)cc3)CCCCCC2)cc1. The Hall–Kier alpha value is -2.82. The first-order valence-electron chi connectivity index (χ1n) is 11.8. The van der Waals surface area contributed by atoms with Crippen molar-refractivity contribution in [2.45, 2.75) is 64.7 Å². The predicted octanol–water partition coefficient (Wildman–Crippen LogP) is 6.15. The van der Waals surface area contributed by atoms with Gasteiger partial charge in [-0.05, 0) is 62.1 Å². The van der Waals surface area contributed by atoms with Gasteiger partial charge < -0.3 is 14.5 Å². The molecular formula is C27H36N2O3. The van der Waals surface area contributed by atoms with E-state index in [4.69, 9.17) is 4.74 Å². The van der Waals surface area contributed by atoms with Crippen molar-refractivity contribution < 1.29 is 14.3 Å². The second-order valence-corrected chi connectivity index (χ2v) is 8.69. The average Bonchev–Trinajstić information content (AvgIpc) is 3.07. The van der Waals surface area contributed by atoms with E-state index in [2.05, 4.69) is 24.3 Å². The molecule has 0 spiro atoms. The molecule has 5 nitrogen and oxygen atoms in total. The van der Waals surface area contributed by atoms with Crippen LogP contribution in [0.4, 0.5) is 10.5 Å². The molecule has 2 aromatic carbocycles. The van der Waals surface area contributed by atoms with E-state index in [9.17, 15) is 9.59 Å². The molecule has 1 aliphatic carbocycles. The molecule has 2 aromatic rings. The number of anilines is 1. The van der Waals surface area contributed by atoms with Crippen molar-refractivity contribution in [3.8, 4) is 5.75 Å². The van der Waals surface area contributed by atoms with Gasteiger partial charge in [0.1, 0.15) is 5.75 Å². The third-order valence-corrected chi connectivity index (χ3v) is 6.87. The molecule has 0 bridgehead atoms. The van der Waals surface area contributed by atoms with Crippen LogP contribution in [0, 0.1) is 0 Å². The molecule has 32 heavy (non-hydrogen) atoms. The van der Waals surface area contributed by atoms with Crippen molar-refractivity contribution in [1.29, 1.82) is 0 Å². The van der Waals surface area contributed by atoms with Crippen LogP contribution in [0.15, 0.2) is 48.5 Å². The fourth-order valence-corrected chi connectivity index (χ4v) is 4.75. The van der Waals surface area contributed by atoms with Gasteiger partial charge in [0, 0.05) is 38.2 Å². The zero-order chi connectivity index (χ0) is 23.1. The Balaban J connectivity index is 1.90. The third kappa shape index (κ3) is 5.14. The number of amides is 2. The number of carbonyl (C=O) groups is 2. The highest BCUT2D eigenvalue weighted by Gasteiger charge is 2.35. The molecule has 1 aliphatic rings. The van der Waals surface area contributed by atoms with Gasteiger partial charge in [0.25, 0.3) is 0 Å². The van der Waals surface area contributed by atoms with Gasteiger partial charge in [0.15, 0.2) is 0 Å². The highest BCUT2D eigenvalue weighted by Crippen LogP contribution is 2.44. The Bertz CT molecular complexity index is 894. The summed E-state index contributed by atoms with van der Waals surface area (Å²) in [4.78, 5) is 27.4. The van der Waals surface area contributed by atoms with Crippen LogP contribution in [0.25, 0.3) is 0 Å². The maximum atomic E-state index is 12.3. The summed E-state index contributed by atoms with van der Waals surface area (Å²) >= 11 is 0. The van der Waals surface area contributed by atoms with Crippen molar-refractivity contribution in [1.82, 2.24) is 4.90 Å². The quantitative estimate of drug-likeness (QED) is 0.510. The highest BCUT2D eigenvalue weighted by atomic mass is 16.6. The number of carbonyl (C=O) groups excluding carboxylic acids is 2. The van der Waals surface area contributed by atoms with E-state index in [1.807, 2.05) is 38.1 Å². The molecule has 0 atom stereocenters. The van der Waals surface area contributed by atoms with E-state index in [1.54, 1.807) is 23.8 Å². The zero-order valence-corrected chi connectivity index (χ0v) is 19.9. The Morgan fingerprint density at radius 3 is 1.81 bits per heavy atom.